The van der Waals surface area contributed by atoms with Gasteiger partial charge in [0, 0.05) is 17.6 Å². The van der Waals surface area contributed by atoms with Crippen LogP contribution in [0.4, 0.5) is 0 Å². The van der Waals surface area contributed by atoms with E-state index < -0.39 is 0 Å². The maximum absolute atomic E-state index is 4.42. The number of aromatic nitrogens is 1. The van der Waals surface area contributed by atoms with Gasteiger partial charge in [-0.05, 0) is 51.8 Å². The van der Waals surface area contributed by atoms with Gasteiger partial charge in [0.25, 0.3) is 0 Å². The molecule has 1 unspecified atom stereocenters. The summed E-state index contributed by atoms with van der Waals surface area (Å²) in [4.78, 5) is 6.63. The molecule has 2 aromatic rings. The zero-order valence-electron chi connectivity index (χ0n) is 11.4. The van der Waals surface area contributed by atoms with E-state index in [0.717, 1.165) is 18.5 Å². The van der Waals surface area contributed by atoms with Crippen molar-refractivity contribution in [2.75, 3.05) is 27.7 Å². The van der Waals surface area contributed by atoms with E-state index in [-0.39, 0.29) is 0 Å². The Hall–Kier alpha value is -1.45. The summed E-state index contributed by atoms with van der Waals surface area (Å²) in [6.45, 7) is 1.08. The van der Waals surface area contributed by atoms with Gasteiger partial charge in [-0.1, -0.05) is 18.2 Å². The molecule has 0 amide bonds. The number of fused-ring (bicyclic) bond motifs is 1. The molecule has 0 bridgehead atoms. The zero-order chi connectivity index (χ0) is 13.0. The normalized spacial score (nSPS) is 13.1. The molecule has 3 nitrogen and oxygen atoms in total. The molecule has 96 valence electrons. The average Bonchev–Trinajstić information content (AvgIpc) is 2.39. The standard InChI is InChI=1S/C15H21N3/c1-16-14(8-10-18(2)3)13-7-6-12-5-4-9-17-15(12)11-13/h4-7,9,11,14,16H,8,10H2,1-3H3. The summed E-state index contributed by atoms with van der Waals surface area (Å²) in [5, 5.41) is 4.58. The summed E-state index contributed by atoms with van der Waals surface area (Å²) in [7, 11) is 6.23. The van der Waals surface area contributed by atoms with Gasteiger partial charge in [-0.15, -0.1) is 0 Å². The first-order valence-corrected chi connectivity index (χ1v) is 6.37. The van der Waals surface area contributed by atoms with E-state index in [2.05, 4.69) is 53.6 Å². The third-order valence-electron chi connectivity index (χ3n) is 3.25. The molecule has 0 aliphatic rings. The molecule has 1 heterocycles. The summed E-state index contributed by atoms with van der Waals surface area (Å²) in [6, 6.07) is 11.0. The first kappa shape index (κ1) is 13.0. The molecule has 0 radical (unpaired) electrons. The SMILES string of the molecule is CNC(CCN(C)C)c1ccc2cccnc2c1. The van der Waals surface area contributed by atoms with Crippen LogP contribution in [0.1, 0.15) is 18.0 Å². The van der Waals surface area contributed by atoms with Crippen LogP contribution in [0.5, 0.6) is 0 Å². The van der Waals surface area contributed by atoms with Crippen molar-refractivity contribution in [1.82, 2.24) is 15.2 Å². The minimum Gasteiger partial charge on any atom is -0.313 e. The lowest BCUT2D eigenvalue weighted by Gasteiger charge is -2.19. The van der Waals surface area contributed by atoms with Crippen LogP contribution in [0.25, 0.3) is 10.9 Å². The van der Waals surface area contributed by atoms with Crippen LogP contribution in [-0.4, -0.2) is 37.6 Å². The van der Waals surface area contributed by atoms with E-state index in [0.29, 0.717) is 6.04 Å². The second-order valence-corrected chi connectivity index (χ2v) is 4.89. The number of pyridine rings is 1. The minimum absolute atomic E-state index is 0.388. The molecule has 0 fully saturated rings. The van der Waals surface area contributed by atoms with Gasteiger partial charge in [0.1, 0.15) is 0 Å². The minimum atomic E-state index is 0.388. The quantitative estimate of drug-likeness (QED) is 0.874. The Bertz CT molecular complexity index is 508. The highest BCUT2D eigenvalue weighted by molar-refractivity contribution is 5.78. The Kier molecular flexibility index (Phi) is 4.28. The van der Waals surface area contributed by atoms with E-state index in [4.69, 9.17) is 0 Å². The third kappa shape index (κ3) is 3.06. The summed E-state index contributed by atoms with van der Waals surface area (Å²) in [5.74, 6) is 0. The van der Waals surface area contributed by atoms with Crippen LogP contribution in [-0.2, 0) is 0 Å². The lowest BCUT2D eigenvalue weighted by atomic mass is 10.0. The molecule has 0 saturated carbocycles. The smallest absolute Gasteiger partial charge is 0.0705 e. The van der Waals surface area contributed by atoms with Crippen molar-refractivity contribution in [1.29, 1.82) is 0 Å². The van der Waals surface area contributed by atoms with Gasteiger partial charge >= 0.3 is 0 Å². The fourth-order valence-corrected chi connectivity index (χ4v) is 2.17. The number of benzene rings is 1. The molecule has 0 aliphatic heterocycles. The Morgan fingerprint density at radius 1 is 1.28 bits per heavy atom. The van der Waals surface area contributed by atoms with E-state index in [9.17, 15) is 0 Å². The lowest BCUT2D eigenvalue weighted by molar-refractivity contribution is 0.368. The molecular weight excluding hydrogens is 222 g/mol. The molecule has 1 aromatic carbocycles. The maximum atomic E-state index is 4.42. The van der Waals surface area contributed by atoms with Crippen molar-refractivity contribution >= 4 is 10.9 Å². The van der Waals surface area contributed by atoms with Gasteiger partial charge < -0.3 is 10.2 Å². The molecule has 1 aromatic heterocycles. The molecule has 0 spiro atoms. The van der Waals surface area contributed by atoms with Crippen LogP contribution in [0.2, 0.25) is 0 Å². The Morgan fingerprint density at radius 3 is 2.83 bits per heavy atom. The summed E-state index contributed by atoms with van der Waals surface area (Å²) in [5.41, 5.74) is 2.38. The van der Waals surface area contributed by atoms with E-state index >= 15 is 0 Å². The monoisotopic (exact) mass is 243 g/mol. The third-order valence-corrected chi connectivity index (χ3v) is 3.25. The predicted octanol–water partition coefficient (Wildman–Crippen LogP) is 2.45. The maximum Gasteiger partial charge on any atom is 0.0705 e. The fraction of sp³-hybridized carbons (Fsp3) is 0.400. The lowest BCUT2D eigenvalue weighted by Crippen LogP contribution is -2.22. The first-order valence-electron chi connectivity index (χ1n) is 6.37. The second kappa shape index (κ2) is 5.94. The predicted molar refractivity (Wildman–Crippen MR) is 76.7 cm³/mol. The molecular formula is C15H21N3. The number of nitrogens with one attached hydrogen (secondary N) is 1. The molecule has 1 N–H and O–H groups in total. The van der Waals surface area contributed by atoms with Crippen molar-refractivity contribution < 1.29 is 0 Å². The highest BCUT2D eigenvalue weighted by atomic mass is 15.1. The van der Waals surface area contributed by atoms with Crippen LogP contribution < -0.4 is 5.32 Å². The van der Waals surface area contributed by atoms with Crippen LogP contribution in [0, 0.1) is 0 Å². The summed E-state index contributed by atoms with van der Waals surface area (Å²) in [6.07, 6.45) is 2.95. The van der Waals surface area contributed by atoms with Gasteiger partial charge in [-0.25, -0.2) is 0 Å². The van der Waals surface area contributed by atoms with Gasteiger partial charge in [0.05, 0.1) is 5.52 Å². The highest BCUT2D eigenvalue weighted by Gasteiger charge is 2.10. The Balaban J connectivity index is 2.22. The number of hydrogen-bond donors (Lipinski definition) is 1. The molecule has 18 heavy (non-hydrogen) atoms. The Labute approximate surface area is 109 Å². The largest absolute Gasteiger partial charge is 0.313 e. The van der Waals surface area contributed by atoms with Gasteiger partial charge in [-0.3, -0.25) is 4.98 Å². The molecule has 2 rings (SSSR count). The highest BCUT2D eigenvalue weighted by Crippen LogP contribution is 2.21. The van der Waals surface area contributed by atoms with Crippen molar-refractivity contribution in [3.63, 3.8) is 0 Å². The zero-order valence-corrected chi connectivity index (χ0v) is 11.4. The van der Waals surface area contributed by atoms with Crippen LogP contribution >= 0.6 is 0 Å². The summed E-state index contributed by atoms with van der Waals surface area (Å²) >= 11 is 0. The molecule has 3 heteroatoms. The number of hydrogen-bond acceptors (Lipinski definition) is 3. The van der Waals surface area contributed by atoms with Crippen molar-refractivity contribution in [2.45, 2.75) is 12.5 Å². The summed E-state index contributed by atoms with van der Waals surface area (Å²) < 4.78 is 0. The molecule has 1 atom stereocenters. The van der Waals surface area contributed by atoms with E-state index in [1.165, 1.54) is 10.9 Å². The second-order valence-electron chi connectivity index (χ2n) is 4.89. The first-order chi connectivity index (χ1) is 8.70. The van der Waals surface area contributed by atoms with Gasteiger partial charge in [0.15, 0.2) is 0 Å². The molecule has 0 saturated heterocycles. The van der Waals surface area contributed by atoms with E-state index in [1.807, 2.05) is 19.3 Å². The van der Waals surface area contributed by atoms with Crippen LogP contribution in [0.15, 0.2) is 36.5 Å². The Morgan fingerprint density at radius 2 is 2.11 bits per heavy atom. The molecule has 0 aliphatic carbocycles. The topological polar surface area (TPSA) is 28.2 Å². The number of rotatable bonds is 5. The van der Waals surface area contributed by atoms with Crippen molar-refractivity contribution in [3.8, 4) is 0 Å². The number of nitrogens with zero attached hydrogens (tertiary/aromatic N) is 2. The fourth-order valence-electron chi connectivity index (χ4n) is 2.17. The van der Waals surface area contributed by atoms with Crippen LogP contribution in [0.3, 0.4) is 0 Å². The van der Waals surface area contributed by atoms with E-state index in [1.54, 1.807) is 0 Å². The average molecular weight is 243 g/mol. The van der Waals surface area contributed by atoms with Crippen molar-refractivity contribution in [3.05, 3.63) is 42.1 Å². The van der Waals surface area contributed by atoms with Gasteiger partial charge in [0.2, 0.25) is 0 Å². The van der Waals surface area contributed by atoms with Crippen molar-refractivity contribution in [2.24, 2.45) is 0 Å². The van der Waals surface area contributed by atoms with Gasteiger partial charge in [-0.2, -0.15) is 0 Å².